The van der Waals surface area contributed by atoms with Crippen molar-refractivity contribution in [2.45, 2.75) is 31.3 Å². The van der Waals surface area contributed by atoms with E-state index in [1.54, 1.807) is 12.1 Å². The Kier molecular flexibility index (Phi) is 2.26. The maximum absolute atomic E-state index is 10.2. The van der Waals surface area contributed by atoms with Crippen LogP contribution in [-0.4, -0.2) is 5.11 Å². The van der Waals surface area contributed by atoms with Crippen LogP contribution in [-0.2, 0) is 5.60 Å². The number of benzene rings is 1. The molecule has 1 aliphatic rings. The predicted molar refractivity (Wildman–Crippen MR) is 53.5 cm³/mol. The minimum absolute atomic E-state index is 0.631. The van der Waals surface area contributed by atoms with Crippen LogP contribution in [0, 0.1) is 11.3 Å². The molecule has 72 valence electrons. The molecular formula is C12H13NO. The van der Waals surface area contributed by atoms with E-state index in [1.807, 2.05) is 12.1 Å². The smallest absolute Gasteiger partial charge is 0.0991 e. The second-order valence-corrected chi connectivity index (χ2v) is 3.93. The van der Waals surface area contributed by atoms with Crippen molar-refractivity contribution in [3.63, 3.8) is 0 Å². The maximum Gasteiger partial charge on any atom is 0.0991 e. The molecule has 0 atom stereocenters. The first-order valence-corrected chi connectivity index (χ1v) is 4.98. The van der Waals surface area contributed by atoms with Gasteiger partial charge in [0, 0.05) is 0 Å². The molecule has 1 fully saturated rings. The third-order valence-electron chi connectivity index (χ3n) is 2.98. The first kappa shape index (κ1) is 9.23. The van der Waals surface area contributed by atoms with Gasteiger partial charge in [-0.3, -0.25) is 0 Å². The lowest BCUT2D eigenvalue weighted by Gasteiger charge is -2.22. The van der Waals surface area contributed by atoms with E-state index < -0.39 is 5.60 Å². The van der Waals surface area contributed by atoms with Gasteiger partial charge in [-0.25, -0.2) is 0 Å². The van der Waals surface area contributed by atoms with E-state index in [9.17, 15) is 5.11 Å². The number of aliphatic hydroxyl groups is 1. The number of nitrogens with zero attached hydrogens (tertiary/aromatic N) is 1. The topological polar surface area (TPSA) is 44.0 Å². The van der Waals surface area contributed by atoms with Crippen LogP contribution >= 0.6 is 0 Å². The molecule has 0 aromatic heterocycles. The average Bonchev–Trinajstić information content (AvgIpc) is 2.67. The van der Waals surface area contributed by atoms with Gasteiger partial charge in [-0.2, -0.15) is 5.26 Å². The molecule has 1 saturated carbocycles. The van der Waals surface area contributed by atoms with E-state index in [2.05, 4.69) is 6.07 Å². The van der Waals surface area contributed by atoms with Crippen molar-refractivity contribution in [2.24, 2.45) is 0 Å². The van der Waals surface area contributed by atoms with Crippen LogP contribution in [0.15, 0.2) is 24.3 Å². The van der Waals surface area contributed by atoms with Gasteiger partial charge in [0.05, 0.1) is 17.2 Å². The van der Waals surface area contributed by atoms with Crippen molar-refractivity contribution in [3.05, 3.63) is 35.4 Å². The number of hydrogen-bond donors (Lipinski definition) is 1. The summed E-state index contributed by atoms with van der Waals surface area (Å²) < 4.78 is 0. The minimum Gasteiger partial charge on any atom is -0.385 e. The van der Waals surface area contributed by atoms with E-state index in [4.69, 9.17) is 5.26 Å². The second kappa shape index (κ2) is 3.43. The van der Waals surface area contributed by atoms with Crippen molar-refractivity contribution < 1.29 is 5.11 Å². The van der Waals surface area contributed by atoms with E-state index in [-0.39, 0.29) is 0 Å². The summed E-state index contributed by atoms with van der Waals surface area (Å²) in [6.07, 6.45) is 3.88. The molecular weight excluding hydrogens is 174 g/mol. The Labute approximate surface area is 83.8 Å². The monoisotopic (exact) mass is 187 g/mol. The third-order valence-corrected chi connectivity index (χ3v) is 2.98. The molecule has 14 heavy (non-hydrogen) atoms. The van der Waals surface area contributed by atoms with Gasteiger partial charge in [-0.15, -0.1) is 0 Å². The Morgan fingerprint density at radius 3 is 2.21 bits per heavy atom. The number of nitriles is 1. The van der Waals surface area contributed by atoms with Gasteiger partial charge in [0.25, 0.3) is 0 Å². The fourth-order valence-corrected chi connectivity index (χ4v) is 2.10. The fourth-order valence-electron chi connectivity index (χ4n) is 2.10. The lowest BCUT2D eigenvalue weighted by Crippen LogP contribution is -2.20. The Balaban J connectivity index is 2.29. The zero-order valence-electron chi connectivity index (χ0n) is 8.03. The van der Waals surface area contributed by atoms with Crippen molar-refractivity contribution in [1.29, 1.82) is 5.26 Å². The summed E-state index contributed by atoms with van der Waals surface area (Å²) in [6, 6.07) is 9.34. The molecule has 0 radical (unpaired) electrons. The Morgan fingerprint density at radius 1 is 1.14 bits per heavy atom. The summed E-state index contributed by atoms with van der Waals surface area (Å²) in [6.45, 7) is 0. The normalized spacial score (nSPS) is 19.1. The molecule has 2 nitrogen and oxygen atoms in total. The molecule has 0 amide bonds. The molecule has 0 heterocycles. The van der Waals surface area contributed by atoms with E-state index in [1.165, 1.54) is 0 Å². The van der Waals surface area contributed by atoms with Crippen molar-refractivity contribution in [2.75, 3.05) is 0 Å². The van der Waals surface area contributed by atoms with Gasteiger partial charge >= 0.3 is 0 Å². The average molecular weight is 187 g/mol. The highest BCUT2D eigenvalue weighted by Gasteiger charge is 2.32. The quantitative estimate of drug-likeness (QED) is 0.733. The number of hydrogen-bond acceptors (Lipinski definition) is 2. The highest BCUT2D eigenvalue weighted by Crippen LogP contribution is 2.38. The van der Waals surface area contributed by atoms with Crippen molar-refractivity contribution in [1.82, 2.24) is 0 Å². The van der Waals surface area contributed by atoms with Crippen LogP contribution in [0.3, 0.4) is 0 Å². The zero-order valence-corrected chi connectivity index (χ0v) is 8.03. The largest absolute Gasteiger partial charge is 0.385 e. The molecule has 0 spiro atoms. The van der Waals surface area contributed by atoms with Gasteiger partial charge in [0.1, 0.15) is 0 Å². The lowest BCUT2D eigenvalue weighted by atomic mass is 9.92. The van der Waals surface area contributed by atoms with Crippen LogP contribution in [0.5, 0.6) is 0 Å². The molecule has 1 aromatic rings. The van der Waals surface area contributed by atoms with E-state index in [0.717, 1.165) is 31.2 Å². The Morgan fingerprint density at radius 2 is 1.71 bits per heavy atom. The molecule has 1 aliphatic carbocycles. The Bertz CT molecular complexity index is 355. The van der Waals surface area contributed by atoms with Crippen molar-refractivity contribution >= 4 is 0 Å². The summed E-state index contributed by atoms with van der Waals surface area (Å²) in [7, 11) is 0. The van der Waals surface area contributed by atoms with Crippen LogP contribution in [0.2, 0.25) is 0 Å². The zero-order chi connectivity index (χ0) is 10.0. The van der Waals surface area contributed by atoms with Gasteiger partial charge in [0.2, 0.25) is 0 Å². The second-order valence-electron chi connectivity index (χ2n) is 3.93. The molecule has 2 heteroatoms. The fraction of sp³-hybridized carbons (Fsp3) is 0.417. The molecule has 0 bridgehead atoms. The van der Waals surface area contributed by atoms with Crippen LogP contribution in [0.4, 0.5) is 0 Å². The van der Waals surface area contributed by atoms with Gasteiger partial charge in [-0.1, -0.05) is 25.0 Å². The minimum atomic E-state index is -0.631. The number of rotatable bonds is 1. The highest BCUT2D eigenvalue weighted by molar-refractivity contribution is 5.34. The summed E-state index contributed by atoms with van der Waals surface area (Å²) in [5.41, 5.74) is 0.970. The predicted octanol–water partition coefficient (Wildman–Crippen LogP) is 2.32. The van der Waals surface area contributed by atoms with Crippen LogP contribution in [0.1, 0.15) is 36.8 Å². The highest BCUT2D eigenvalue weighted by atomic mass is 16.3. The summed E-state index contributed by atoms with van der Waals surface area (Å²) in [4.78, 5) is 0. The standard InChI is InChI=1S/C12H13NO/c13-9-10-3-5-11(6-4-10)12(14)7-1-2-8-12/h3-6,14H,1-2,7-8H2. The lowest BCUT2D eigenvalue weighted by molar-refractivity contribution is 0.0445. The van der Waals surface area contributed by atoms with Crippen LogP contribution in [0.25, 0.3) is 0 Å². The third kappa shape index (κ3) is 1.51. The molecule has 0 aliphatic heterocycles. The first-order valence-electron chi connectivity index (χ1n) is 4.98. The van der Waals surface area contributed by atoms with Crippen LogP contribution < -0.4 is 0 Å². The summed E-state index contributed by atoms with van der Waals surface area (Å²) in [5.74, 6) is 0. The van der Waals surface area contributed by atoms with Gasteiger partial charge in [0.15, 0.2) is 0 Å². The van der Waals surface area contributed by atoms with E-state index >= 15 is 0 Å². The molecule has 1 N–H and O–H groups in total. The van der Waals surface area contributed by atoms with Crippen molar-refractivity contribution in [3.8, 4) is 6.07 Å². The van der Waals surface area contributed by atoms with Gasteiger partial charge < -0.3 is 5.11 Å². The SMILES string of the molecule is N#Cc1ccc(C2(O)CCCC2)cc1. The molecule has 2 rings (SSSR count). The maximum atomic E-state index is 10.2. The molecule has 0 unspecified atom stereocenters. The van der Waals surface area contributed by atoms with E-state index in [0.29, 0.717) is 5.56 Å². The Hall–Kier alpha value is -1.33. The van der Waals surface area contributed by atoms with Gasteiger partial charge in [-0.05, 0) is 30.5 Å². The summed E-state index contributed by atoms with van der Waals surface area (Å²) >= 11 is 0. The molecule has 0 saturated heterocycles. The summed E-state index contributed by atoms with van der Waals surface area (Å²) in [5, 5.41) is 18.9. The first-order chi connectivity index (χ1) is 6.74. The molecule has 1 aromatic carbocycles.